The lowest BCUT2D eigenvalue weighted by Crippen LogP contribution is -2.18. The Balaban J connectivity index is 1.80. The normalized spacial score (nSPS) is 15.0. The summed E-state index contributed by atoms with van der Waals surface area (Å²) in [6, 6.07) is 12.9. The summed E-state index contributed by atoms with van der Waals surface area (Å²) in [6.45, 7) is 4.40. The van der Waals surface area contributed by atoms with E-state index in [1.54, 1.807) is 24.4 Å². The van der Waals surface area contributed by atoms with Gasteiger partial charge in [-0.3, -0.25) is 4.99 Å². The molecule has 1 heterocycles. The topological polar surface area (TPSA) is 15.6 Å². The van der Waals surface area contributed by atoms with Crippen molar-refractivity contribution in [1.82, 2.24) is 0 Å². The lowest BCUT2D eigenvalue weighted by atomic mass is 10.1. The van der Waals surface area contributed by atoms with E-state index >= 15 is 0 Å². The number of hydrogen-bond acceptors (Lipinski definition) is 2. The molecule has 108 valence electrons. The molecule has 0 N–H and O–H groups in total. The highest BCUT2D eigenvalue weighted by Crippen LogP contribution is 2.25. The van der Waals surface area contributed by atoms with Crippen LogP contribution in [0.15, 0.2) is 47.5 Å². The van der Waals surface area contributed by atoms with Gasteiger partial charge in [0.2, 0.25) is 0 Å². The van der Waals surface area contributed by atoms with Crippen molar-refractivity contribution in [2.75, 3.05) is 18.0 Å². The Hall–Kier alpha value is -2.16. The predicted molar refractivity (Wildman–Crippen MR) is 86.3 cm³/mol. The van der Waals surface area contributed by atoms with Crippen molar-refractivity contribution < 1.29 is 4.39 Å². The first-order chi connectivity index (χ1) is 10.2. The number of aliphatic imine (C=N–C) groups is 1. The summed E-state index contributed by atoms with van der Waals surface area (Å²) in [7, 11) is 0. The van der Waals surface area contributed by atoms with E-state index in [-0.39, 0.29) is 5.82 Å². The Morgan fingerprint density at radius 3 is 2.57 bits per heavy atom. The number of aryl methyl sites for hydroxylation is 1. The zero-order chi connectivity index (χ0) is 14.7. The van der Waals surface area contributed by atoms with Gasteiger partial charge in [0, 0.05) is 25.0 Å². The van der Waals surface area contributed by atoms with Crippen LogP contribution in [0, 0.1) is 12.7 Å². The maximum absolute atomic E-state index is 13.5. The Morgan fingerprint density at radius 1 is 1.10 bits per heavy atom. The summed E-state index contributed by atoms with van der Waals surface area (Å²) >= 11 is 0. The summed E-state index contributed by atoms with van der Waals surface area (Å²) in [5.74, 6) is -0.292. The van der Waals surface area contributed by atoms with E-state index in [0.717, 1.165) is 18.7 Å². The molecule has 3 rings (SSSR count). The molecule has 2 aromatic carbocycles. The molecule has 1 aliphatic heterocycles. The van der Waals surface area contributed by atoms with E-state index in [9.17, 15) is 4.39 Å². The third kappa shape index (κ3) is 3.13. The highest BCUT2D eigenvalue weighted by molar-refractivity contribution is 5.83. The summed E-state index contributed by atoms with van der Waals surface area (Å²) < 4.78 is 13.5. The minimum Gasteiger partial charge on any atom is -0.371 e. The van der Waals surface area contributed by atoms with Crippen molar-refractivity contribution in [1.29, 1.82) is 0 Å². The maximum Gasteiger partial charge on any atom is 0.148 e. The highest BCUT2D eigenvalue weighted by Gasteiger charge is 2.13. The van der Waals surface area contributed by atoms with Crippen molar-refractivity contribution in [2.45, 2.75) is 19.8 Å². The van der Waals surface area contributed by atoms with Crippen LogP contribution in [-0.4, -0.2) is 19.3 Å². The summed E-state index contributed by atoms with van der Waals surface area (Å²) in [5, 5.41) is 0. The summed E-state index contributed by atoms with van der Waals surface area (Å²) in [5.41, 5.74) is 3.92. The first kappa shape index (κ1) is 13.8. The monoisotopic (exact) mass is 282 g/mol. The minimum absolute atomic E-state index is 0.292. The SMILES string of the molecule is Cc1cc(C=Nc2ccccc2F)ccc1N1CCCC1. The zero-order valence-corrected chi connectivity index (χ0v) is 12.2. The van der Waals surface area contributed by atoms with Crippen LogP contribution in [-0.2, 0) is 0 Å². The molecule has 0 aliphatic carbocycles. The molecule has 0 radical (unpaired) electrons. The number of rotatable bonds is 3. The molecule has 0 bridgehead atoms. The molecule has 21 heavy (non-hydrogen) atoms. The molecular weight excluding hydrogens is 263 g/mol. The van der Waals surface area contributed by atoms with Crippen LogP contribution in [0.1, 0.15) is 24.0 Å². The average molecular weight is 282 g/mol. The van der Waals surface area contributed by atoms with Gasteiger partial charge in [0.25, 0.3) is 0 Å². The number of benzene rings is 2. The third-order valence-electron chi connectivity index (χ3n) is 3.87. The summed E-state index contributed by atoms with van der Waals surface area (Å²) in [4.78, 5) is 6.65. The first-order valence-corrected chi connectivity index (χ1v) is 7.38. The molecule has 2 aromatic rings. The van der Waals surface area contributed by atoms with E-state index < -0.39 is 0 Å². The smallest absolute Gasteiger partial charge is 0.148 e. The second kappa shape index (κ2) is 6.08. The molecule has 0 saturated carbocycles. The van der Waals surface area contributed by atoms with Crippen LogP contribution in [0.3, 0.4) is 0 Å². The number of halogens is 1. The van der Waals surface area contributed by atoms with Crippen LogP contribution in [0.25, 0.3) is 0 Å². The van der Waals surface area contributed by atoms with Crippen molar-refractivity contribution in [2.24, 2.45) is 4.99 Å². The van der Waals surface area contributed by atoms with Crippen molar-refractivity contribution in [3.05, 3.63) is 59.4 Å². The van der Waals surface area contributed by atoms with Crippen LogP contribution in [0.5, 0.6) is 0 Å². The van der Waals surface area contributed by atoms with Gasteiger partial charge >= 0.3 is 0 Å². The van der Waals surface area contributed by atoms with Gasteiger partial charge in [-0.15, -0.1) is 0 Å². The molecule has 2 nitrogen and oxygen atoms in total. The molecule has 1 saturated heterocycles. The molecule has 0 atom stereocenters. The molecule has 1 aliphatic rings. The standard InChI is InChI=1S/C18H19FN2/c1-14-12-15(8-9-18(14)21-10-4-5-11-21)13-20-17-7-3-2-6-16(17)19/h2-3,6-9,12-13H,4-5,10-11H2,1H3. The lowest BCUT2D eigenvalue weighted by Gasteiger charge is -2.20. The van der Waals surface area contributed by atoms with Gasteiger partial charge < -0.3 is 4.90 Å². The fourth-order valence-electron chi connectivity index (χ4n) is 2.77. The van der Waals surface area contributed by atoms with Crippen molar-refractivity contribution >= 4 is 17.6 Å². The highest BCUT2D eigenvalue weighted by atomic mass is 19.1. The van der Waals surface area contributed by atoms with E-state index in [2.05, 4.69) is 28.9 Å². The predicted octanol–water partition coefficient (Wildman–Crippen LogP) is 4.48. The van der Waals surface area contributed by atoms with Gasteiger partial charge in [0.05, 0.1) is 5.69 Å². The molecule has 1 fully saturated rings. The second-order valence-electron chi connectivity index (χ2n) is 5.45. The second-order valence-corrected chi connectivity index (χ2v) is 5.45. The van der Waals surface area contributed by atoms with Gasteiger partial charge in [-0.1, -0.05) is 18.2 Å². The van der Waals surface area contributed by atoms with Crippen LogP contribution in [0.2, 0.25) is 0 Å². The quantitative estimate of drug-likeness (QED) is 0.758. The molecular formula is C18H19FN2. The minimum atomic E-state index is -0.292. The summed E-state index contributed by atoms with van der Waals surface area (Å²) in [6.07, 6.45) is 4.27. The van der Waals surface area contributed by atoms with Gasteiger partial charge in [0.1, 0.15) is 5.82 Å². The Labute approximate surface area is 124 Å². The van der Waals surface area contributed by atoms with Crippen molar-refractivity contribution in [3.8, 4) is 0 Å². The Morgan fingerprint density at radius 2 is 1.86 bits per heavy atom. The fraction of sp³-hybridized carbons (Fsp3) is 0.278. The molecule has 0 aromatic heterocycles. The van der Waals surface area contributed by atoms with Gasteiger partial charge in [-0.25, -0.2) is 4.39 Å². The van der Waals surface area contributed by atoms with Crippen molar-refractivity contribution in [3.63, 3.8) is 0 Å². The van der Waals surface area contributed by atoms with Gasteiger partial charge in [-0.05, 0) is 55.2 Å². The van der Waals surface area contributed by atoms with Gasteiger partial charge in [0.15, 0.2) is 0 Å². The third-order valence-corrected chi connectivity index (χ3v) is 3.87. The van der Waals surface area contributed by atoms with Crippen LogP contribution < -0.4 is 4.90 Å². The number of para-hydroxylation sites is 1. The first-order valence-electron chi connectivity index (χ1n) is 7.38. The average Bonchev–Trinajstić information content (AvgIpc) is 3.00. The van der Waals surface area contributed by atoms with Crippen LogP contribution in [0.4, 0.5) is 15.8 Å². The molecule has 0 unspecified atom stereocenters. The molecule has 0 spiro atoms. The van der Waals surface area contributed by atoms with E-state index in [1.807, 2.05) is 6.07 Å². The Kier molecular flexibility index (Phi) is 4.00. The van der Waals surface area contributed by atoms with E-state index in [1.165, 1.54) is 30.2 Å². The van der Waals surface area contributed by atoms with Gasteiger partial charge in [-0.2, -0.15) is 0 Å². The molecule has 0 amide bonds. The Bertz CT molecular complexity index is 658. The van der Waals surface area contributed by atoms with Crippen LogP contribution >= 0.6 is 0 Å². The maximum atomic E-state index is 13.5. The van der Waals surface area contributed by atoms with E-state index in [4.69, 9.17) is 0 Å². The van der Waals surface area contributed by atoms with E-state index in [0.29, 0.717) is 5.69 Å². The fourth-order valence-corrected chi connectivity index (χ4v) is 2.77. The number of nitrogens with zero attached hydrogens (tertiary/aromatic N) is 2. The molecule has 3 heteroatoms. The number of hydrogen-bond donors (Lipinski definition) is 0. The lowest BCUT2D eigenvalue weighted by molar-refractivity contribution is 0.630. The zero-order valence-electron chi connectivity index (χ0n) is 12.2. The largest absolute Gasteiger partial charge is 0.371 e. The number of anilines is 1.